The van der Waals surface area contributed by atoms with E-state index >= 15 is 0 Å². The van der Waals surface area contributed by atoms with Crippen molar-refractivity contribution in [2.75, 3.05) is 31.1 Å². The number of hydrogen-bond donors (Lipinski definition) is 0. The number of aromatic nitrogens is 4. The van der Waals surface area contributed by atoms with Crippen LogP contribution < -0.4 is 4.90 Å². The molecule has 2 aromatic carbocycles. The highest BCUT2D eigenvalue weighted by molar-refractivity contribution is 5.93. The highest BCUT2D eigenvalue weighted by Crippen LogP contribution is 2.29. The van der Waals surface area contributed by atoms with Crippen LogP contribution in [0.4, 0.5) is 11.6 Å². The number of benzene rings is 2. The fraction of sp³-hybridized carbons (Fsp3) is 0.208. The van der Waals surface area contributed by atoms with Gasteiger partial charge in [0.25, 0.3) is 5.69 Å². The summed E-state index contributed by atoms with van der Waals surface area (Å²) in [4.78, 5) is 20.5. The zero-order valence-corrected chi connectivity index (χ0v) is 18.2. The first-order valence-corrected chi connectivity index (χ1v) is 11.1. The second-order valence-electron chi connectivity index (χ2n) is 8.24. The summed E-state index contributed by atoms with van der Waals surface area (Å²) in [5.41, 5.74) is 2.47. The van der Waals surface area contributed by atoms with Gasteiger partial charge in [0.05, 0.1) is 16.7 Å². The number of para-hydroxylation sites is 2. The summed E-state index contributed by atoms with van der Waals surface area (Å²) >= 11 is 0. The monoisotopic (exact) mass is 455 g/mol. The van der Waals surface area contributed by atoms with Crippen LogP contribution in [0.2, 0.25) is 0 Å². The Kier molecular flexibility index (Phi) is 4.92. The minimum absolute atomic E-state index is 0.162. The predicted octanol–water partition coefficient (Wildman–Crippen LogP) is 3.77. The van der Waals surface area contributed by atoms with Crippen LogP contribution in [0.25, 0.3) is 28.1 Å². The Morgan fingerprint density at radius 3 is 2.53 bits per heavy atom. The molecule has 0 radical (unpaired) electrons. The van der Waals surface area contributed by atoms with Crippen molar-refractivity contribution in [2.24, 2.45) is 0 Å². The Bertz CT molecular complexity index is 1490. The van der Waals surface area contributed by atoms with Crippen LogP contribution >= 0.6 is 0 Å². The number of rotatable bonds is 5. The maximum atomic E-state index is 11.4. The number of furan rings is 1. The summed E-state index contributed by atoms with van der Waals surface area (Å²) in [5, 5.41) is 21.2. The van der Waals surface area contributed by atoms with Crippen molar-refractivity contribution in [3.05, 3.63) is 82.6 Å². The van der Waals surface area contributed by atoms with E-state index < -0.39 is 0 Å². The van der Waals surface area contributed by atoms with E-state index in [4.69, 9.17) is 9.40 Å². The molecule has 10 heteroatoms. The lowest BCUT2D eigenvalue weighted by atomic mass is 10.1. The predicted molar refractivity (Wildman–Crippen MR) is 127 cm³/mol. The summed E-state index contributed by atoms with van der Waals surface area (Å²) in [6.45, 7) is 3.48. The molecule has 1 aliphatic rings. The van der Waals surface area contributed by atoms with Crippen LogP contribution in [0.1, 0.15) is 5.56 Å². The van der Waals surface area contributed by atoms with E-state index in [2.05, 4.69) is 20.0 Å². The van der Waals surface area contributed by atoms with E-state index in [0.717, 1.165) is 54.2 Å². The number of fused-ring (bicyclic) bond motifs is 3. The zero-order valence-electron chi connectivity index (χ0n) is 18.2. The van der Waals surface area contributed by atoms with Crippen molar-refractivity contribution in [1.29, 1.82) is 0 Å². The third-order valence-corrected chi connectivity index (χ3v) is 6.21. The lowest BCUT2D eigenvalue weighted by Crippen LogP contribution is -2.47. The van der Waals surface area contributed by atoms with Gasteiger partial charge in [-0.2, -0.15) is 0 Å². The van der Waals surface area contributed by atoms with Crippen molar-refractivity contribution in [2.45, 2.75) is 6.54 Å². The molecule has 3 aromatic heterocycles. The van der Waals surface area contributed by atoms with Gasteiger partial charge in [-0.1, -0.05) is 30.3 Å². The van der Waals surface area contributed by atoms with Gasteiger partial charge in [-0.15, -0.1) is 10.2 Å². The summed E-state index contributed by atoms with van der Waals surface area (Å²) in [5.74, 6) is 1.99. The second kappa shape index (κ2) is 8.23. The summed E-state index contributed by atoms with van der Waals surface area (Å²) in [6, 6.07) is 18.5. The van der Waals surface area contributed by atoms with Crippen molar-refractivity contribution in [1.82, 2.24) is 24.5 Å². The Morgan fingerprint density at radius 1 is 0.941 bits per heavy atom. The van der Waals surface area contributed by atoms with Gasteiger partial charge in [-0.05, 0) is 24.3 Å². The molecule has 0 aliphatic carbocycles. The number of nitro groups is 1. The first-order valence-electron chi connectivity index (χ1n) is 11.1. The molecule has 4 heterocycles. The van der Waals surface area contributed by atoms with Crippen LogP contribution in [-0.2, 0) is 6.54 Å². The minimum atomic E-state index is -0.316. The Morgan fingerprint density at radius 2 is 1.74 bits per heavy atom. The Labute approximate surface area is 194 Å². The molecule has 0 unspecified atom stereocenters. The molecular formula is C24H21N7O3. The molecule has 170 valence electrons. The standard InChI is InChI=1S/C24H21N7O3/c32-31(33)20-9-4-1-6-17(20)16-28-11-13-29(14-12-28)24-25-19-8-3-2-7-18(19)22-26-27-23(30(22)24)21-10-5-15-34-21/h1-10,15H,11-14,16H2. The number of hydrogen-bond acceptors (Lipinski definition) is 8. The highest BCUT2D eigenvalue weighted by atomic mass is 16.6. The Hall–Kier alpha value is -4.31. The average molecular weight is 455 g/mol. The van der Waals surface area contributed by atoms with Gasteiger partial charge >= 0.3 is 0 Å². The zero-order chi connectivity index (χ0) is 23.1. The lowest BCUT2D eigenvalue weighted by Gasteiger charge is -2.35. The first kappa shape index (κ1) is 20.3. The molecule has 0 saturated carbocycles. The fourth-order valence-electron chi connectivity index (χ4n) is 4.51. The number of nitro benzene ring substituents is 1. The van der Waals surface area contributed by atoms with E-state index in [1.165, 1.54) is 0 Å². The maximum Gasteiger partial charge on any atom is 0.273 e. The minimum Gasteiger partial charge on any atom is -0.461 e. The van der Waals surface area contributed by atoms with Gasteiger partial charge in [0.2, 0.25) is 11.8 Å². The topological polar surface area (TPSA) is 106 Å². The summed E-state index contributed by atoms with van der Waals surface area (Å²) < 4.78 is 7.58. The molecular weight excluding hydrogens is 434 g/mol. The van der Waals surface area contributed by atoms with Gasteiger partial charge in [0, 0.05) is 49.7 Å². The normalized spacial score (nSPS) is 14.8. The molecule has 0 amide bonds. The molecule has 10 nitrogen and oxygen atoms in total. The average Bonchev–Trinajstić information content (AvgIpc) is 3.55. The van der Waals surface area contributed by atoms with Crippen LogP contribution in [0.15, 0.2) is 71.3 Å². The largest absolute Gasteiger partial charge is 0.461 e. The number of anilines is 1. The van der Waals surface area contributed by atoms with Gasteiger partial charge in [0.15, 0.2) is 11.4 Å². The van der Waals surface area contributed by atoms with E-state index in [-0.39, 0.29) is 10.6 Å². The van der Waals surface area contributed by atoms with Gasteiger partial charge in [0.1, 0.15) is 0 Å². The SMILES string of the molecule is O=[N+]([O-])c1ccccc1CN1CCN(c2nc3ccccc3c3nnc(-c4ccco4)n23)CC1. The van der Waals surface area contributed by atoms with E-state index in [1.54, 1.807) is 18.4 Å². The van der Waals surface area contributed by atoms with Crippen molar-refractivity contribution in [3.63, 3.8) is 0 Å². The van der Waals surface area contributed by atoms with Crippen molar-refractivity contribution >= 4 is 28.2 Å². The molecule has 0 atom stereocenters. The third-order valence-electron chi connectivity index (χ3n) is 6.21. The molecule has 0 bridgehead atoms. The van der Waals surface area contributed by atoms with E-state index in [1.807, 2.05) is 52.9 Å². The van der Waals surface area contributed by atoms with Gasteiger partial charge in [-0.3, -0.25) is 15.0 Å². The van der Waals surface area contributed by atoms with Gasteiger partial charge in [-0.25, -0.2) is 9.38 Å². The van der Waals surface area contributed by atoms with E-state index in [0.29, 0.717) is 18.1 Å². The van der Waals surface area contributed by atoms with Crippen LogP contribution in [0.5, 0.6) is 0 Å². The molecule has 1 fully saturated rings. The van der Waals surface area contributed by atoms with Crippen LogP contribution in [-0.4, -0.2) is 55.6 Å². The molecule has 0 N–H and O–H groups in total. The highest BCUT2D eigenvalue weighted by Gasteiger charge is 2.25. The molecule has 34 heavy (non-hydrogen) atoms. The maximum absolute atomic E-state index is 11.4. The Balaban J connectivity index is 1.33. The van der Waals surface area contributed by atoms with Crippen LogP contribution in [0.3, 0.4) is 0 Å². The fourth-order valence-corrected chi connectivity index (χ4v) is 4.51. The smallest absolute Gasteiger partial charge is 0.273 e. The second-order valence-corrected chi connectivity index (χ2v) is 8.24. The molecule has 6 rings (SSSR count). The molecule has 0 spiro atoms. The van der Waals surface area contributed by atoms with Crippen molar-refractivity contribution in [3.8, 4) is 11.6 Å². The van der Waals surface area contributed by atoms with E-state index in [9.17, 15) is 10.1 Å². The summed E-state index contributed by atoms with van der Waals surface area (Å²) in [6.07, 6.45) is 1.62. The first-order chi connectivity index (χ1) is 16.7. The molecule has 1 saturated heterocycles. The van der Waals surface area contributed by atoms with Crippen molar-refractivity contribution < 1.29 is 9.34 Å². The molecule has 1 aliphatic heterocycles. The van der Waals surface area contributed by atoms with Gasteiger partial charge < -0.3 is 9.32 Å². The molecule has 5 aromatic rings. The summed E-state index contributed by atoms with van der Waals surface area (Å²) in [7, 11) is 0. The third kappa shape index (κ3) is 3.44. The quantitative estimate of drug-likeness (QED) is 0.291. The lowest BCUT2D eigenvalue weighted by molar-refractivity contribution is -0.385. The van der Waals surface area contributed by atoms with Crippen LogP contribution in [0, 0.1) is 10.1 Å². The number of nitrogens with zero attached hydrogens (tertiary/aromatic N) is 7. The number of piperazine rings is 1.